The van der Waals surface area contributed by atoms with Gasteiger partial charge in [-0.05, 0) is 13.8 Å². The summed E-state index contributed by atoms with van der Waals surface area (Å²) in [4.78, 5) is 32.0. The lowest BCUT2D eigenvalue weighted by atomic mass is 10.2. The number of halogens is 3. The molecule has 6 nitrogen and oxygen atoms in total. The van der Waals surface area contributed by atoms with Crippen molar-refractivity contribution in [2.24, 2.45) is 0 Å². The average Bonchev–Trinajstić information content (AvgIpc) is 2.15. The Balaban J connectivity index is 4.34. The first-order chi connectivity index (χ1) is 7.55. The molecular formula is C8H11F3N2O4. The summed E-state index contributed by atoms with van der Waals surface area (Å²) >= 11 is 0. The number of carboxylic acids is 1. The smallest absolute Gasteiger partial charge is 0.471 e. The minimum atomic E-state index is -5.09. The summed E-state index contributed by atoms with van der Waals surface area (Å²) in [5, 5.41) is 11.8. The molecule has 0 aliphatic carbocycles. The molecule has 0 rings (SSSR count). The summed E-state index contributed by atoms with van der Waals surface area (Å²) in [6.07, 6.45) is -5.09. The zero-order valence-electron chi connectivity index (χ0n) is 8.96. The molecule has 0 fully saturated rings. The monoisotopic (exact) mass is 256 g/mol. The molecule has 0 aromatic rings. The molecule has 0 aliphatic heterocycles. The number of carbonyl (C=O) groups excluding carboxylic acids is 2. The fraction of sp³-hybridized carbons (Fsp3) is 0.625. The van der Waals surface area contributed by atoms with Crippen molar-refractivity contribution >= 4 is 17.8 Å². The van der Waals surface area contributed by atoms with Gasteiger partial charge < -0.3 is 15.7 Å². The van der Waals surface area contributed by atoms with Gasteiger partial charge in [0.1, 0.15) is 12.1 Å². The van der Waals surface area contributed by atoms with Gasteiger partial charge in [-0.1, -0.05) is 0 Å². The second kappa shape index (κ2) is 5.51. The van der Waals surface area contributed by atoms with E-state index in [0.29, 0.717) is 0 Å². The van der Waals surface area contributed by atoms with E-state index in [2.05, 4.69) is 0 Å². The van der Waals surface area contributed by atoms with Gasteiger partial charge in [0.25, 0.3) is 0 Å². The molecule has 0 bridgehead atoms. The van der Waals surface area contributed by atoms with Gasteiger partial charge in [0.2, 0.25) is 5.91 Å². The standard InChI is InChI=1S/C8H11F3N2O4/c1-3(13-7(17)8(9,10)11)5(14)12-4(2)6(15)16/h3-4H,1-2H3,(H,12,14)(H,13,17)(H,15,16). The van der Waals surface area contributed by atoms with Gasteiger partial charge in [-0.2, -0.15) is 13.2 Å². The maximum absolute atomic E-state index is 11.8. The molecule has 0 saturated heterocycles. The Labute approximate surface area is 94.2 Å². The van der Waals surface area contributed by atoms with Crippen LogP contribution in [-0.4, -0.2) is 41.2 Å². The number of hydrogen-bond acceptors (Lipinski definition) is 3. The van der Waals surface area contributed by atoms with Gasteiger partial charge in [-0.15, -0.1) is 0 Å². The number of amides is 2. The molecule has 0 radical (unpaired) electrons. The molecule has 9 heteroatoms. The molecule has 0 saturated carbocycles. The molecule has 0 aromatic carbocycles. The Bertz CT molecular complexity index is 329. The highest BCUT2D eigenvalue weighted by atomic mass is 19.4. The summed E-state index contributed by atoms with van der Waals surface area (Å²) in [5.41, 5.74) is 0. The van der Waals surface area contributed by atoms with Crippen LogP contribution in [0.2, 0.25) is 0 Å². The van der Waals surface area contributed by atoms with Crippen molar-refractivity contribution < 1.29 is 32.7 Å². The second-order valence-corrected chi connectivity index (χ2v) is 3.26. The third-order valence-electron chi connectivity index (χ3n) is 1.73. The molecule has 0 aliphatic rings. The van der Waals surface area contributed by atoms with Crippen LogP contribution in [0, 0.1) is 0 Å². The molecule has 0 spiro atoms. The van der Waals surface area contributed by atoms with Crippen molar-refractivity contribution in [1.29, 1.82) is 0 Å². The van der Waals surface area contributed by atoms with Crippen LogP contribution in [0.15, 0.2) is 0 Å². The summed E-state index contributed by atoms with van der Waals surface area (Å²) in [5.74, 6) is -4.62. The van der Waals surface area contributed by atoms with Crippen molar-refractivity contribution in [2.45, 2.75) is 32.1 Å². The van der Waals surface area contributed by atoms with Crippen LogP contribution in [0.1, 0.15) is 13.8 Å². The Kier molecular flexibility index (Phi) is 4.92. The maximum Gasteiger partial charge on any atom is 0.471 e. The van der Waals surface area contributed by atoms with E-state index in [4.69, 9.17) is 5.11 Å². The van der Waals surface area contributed by atoms with Crippen LogP contribution < -0.4 is 10.6 Å². The lowest BCUT2D eigenvalue weighted by molar-refractivity contribution is -0.174. The highest BCUT2D eigenvalue weighted by Gasteiger charge is 2.40. The number of aliphatic carboxylic acids is 1. The van der Waals surface area contributed by atoms with Crippen molar-refractivity contribution in [3.8, 4) is 0 Å². The number of carbonyl (C=O) groups is 3. The molecule has 2 unspecified atom stereocenters. The largest absolute Gasteiger partial charge is 0.480 e. The molecule has 0 aromatic heterocycles. The van der Waals surface area contributed by atoms with Crippen LogP contribution in [0.25, 0.3) is 0 Å². The van der Waals surface area contributed by atoms with Crippen LogP contribution in [-0.2, 0) is 14.4 Å². The Morgan fingerprint density at radius 2 is 1.53 bits per heavy atom. The normalized spacial score (nSPS) is 14.6. The van der Waals surface area contributed by atoms with Gasteiger partial charge in [-0.3, -0.25) is 14.4 Å². The minimum Gasteiger partial charge on any atom is -0.480 e. The Hall–Kier alpha value is -1.80. The number of rotatable bonds is 4. The topological polar surface area (TPSA) is 95.5 Å². The van der Waals surface area contributed by atoms with Crippen molar-refractivity contribution in [3.63, 3.8) is 0 Å². The number of hydrogen-bond donors (Lipinski definition) is 3. The molecule has 2 amide bonds. The van der Waals surface area contributed by atoms with Gasteiger partial charge in [0.15, 0.2) is 0 Å². The van der Waals surface area contributed by atoms with Crippen LogP contribution in [0.4, 0.5) is 13.2 Å². The highest BCUT2D eigenvalue weighted by Crippen LogP contribution is 2.14. The molecule has 3 N–H and O–H groups in total. The first kappa shape index (κ1) is 15.2. The van der Waals surface area contributed by atoms with E-state index in [1.807, 2.05) is 5.32 Å². The van der Waals surface area contributed by atoms with E-state index in [1.54, 1.807) is 0 Å². The predicted octanol–water partition coefficient (Wildman–Crippen LogP) is -0.357. The average molecular weight is 256 g/mol. The number of alkyl halides is 3. The molecule has 2 atom stereocenters. The van der Waals surface area contributed by atoms with Crippen molar-refractivity contribution in [1.82, 2.24) is 10.6 Å². The Morgan fingerprint density at radius 3 is 1.88 bits per heavy atom. The summed E-state index contributed by atoms with van der Waals surface area (Å²) < 4.78 is 35.5. The molecule has 98 valence electrons. The summed E-state index contributed by atoms with van der Waals surface area (Å²) in [6, 6.07) is -2.74. The zero-order valence-corrected chi connectivity index (χ0v) is 8.96. The SMILES string of the molecule is CC(NC(=O)C(C)NC(=O)C(F)(F)F)C(=O)O. The van der Waals surface area contributed by atoms with Gasteiger partial charge in [-0.25, -0.2) is 0 Å². The van der Waals surface area contributed by atoms with E-state index >= 15 is 0 Å². The maximum atomic E-state index is 11.8. The fourth-order valence-corrected chi connectivity index (χ4v) is 0.744. The predicted molar refractivity (Wildman–Crippen MR) is 48.9 cm³/mol. The van der Waals surface area contributed by atoms with E-state index in [0.717, 1.165) is 13.8 Å². The first-order valence-corrected chi connectivity index (χ1v) is 4.46. The van der Waals surface area contributed by atoms with Crippen LogP contribution in [0.5, 0.6) is 0 Å². The second-order valence-electron chi connectivity index (χ2n) is 3.26. The summed E-state index contributed by atoms with van der Waals surface area (Å²) in [6.45, 7) is 2.14. The van der Waals surface area contributed by atoms with E-state index in [9.17, 15) is 27.6 Å². The zero-order chi connectivity index (χ0) is 13.8. The van der Waals surface area contributed by atoms with E-state index in [1.165, 1.54) is 5.32 Å². The van der Waals surface area contributed by atoms with E-state index in [-0.39, 0.29) is 0 Å². The number of nitrogens with one attached hydrogen (secondary N) is 2. The lowest BCUT2D eigenvalue weighted by Crippen LogP contribution is -2.51. The third-order valence-corrected chi connectivity index (χ3v) is 1.73. The number of carboxylic acid groups (broad SMARTS) is 1. The Morgan fingerprint density at radius 1 is 1.06 bits per heavy atom. The fourth-order valence-electron chi connectivity index (χ4n) is 0.744. The molecule has 17 heavy (non-hydrogen) atoms. The quantitative estimate of drug-likeness (QED) is 0.640. The first-order valence-electron chi connectivity index (χ1n) is 4.46. The van der Waals surface area contributed by atoms with Crippen LogP contribution in [0.3, 0.4) is 0 Å². The van der Waals surface area contributed by atoms with Crippen molar-refractivity contribution in [3.05, 3.63) is 0 Å². The third kappa shape index (κ3) is 5.18. The van der Waals surface area contributed by atoms with Gasteiger partial charge >= 0.3 is 18.1 Å². The lowest BCUT2D eigenvalue weighted by Gasteiger charge is -2.16. The summed E-state index contributed by atoms with van der Waals surface area (Å²) in [7, 11) is 0. The highest BCUT2D eigenvalue weighted by molar-refractivity contribution is 5.91. The van der Waals surface area contributed by atoms with Gasteiger partial charge in [0, 0.05) is 0 Å². The van der Waals surface area contributed by atoms with Crippen LogP contribution >= 0.6 is 0 Å². The van der Waals surface area contributed by atoms with Gasteiger partial charge in [0.05, 0.1) is 0 Å². The van der Waals surface area contributed by atoms with E-state index < -0.39 is 36.0 Å². The molecular weight excluding hydrogens is 245 g/mol. The molecule has 0 heterocycles. The van der Waals surface area contributed by atoms with Crippen molar-refractivity contribution in [2.75, 3.05) is 0 Å². The minimum absolute atomic E-state index is 1.01.